The number of hydrogen-bond donors (Lipinski definition) is 0. The van der Waals surface area contributed by atoms with Crippen LogP contribution in [0.5, 0.6) is 23.0 Å². The lowest BCUT2D eigenvalue weighted by molar-refractivity contribution is 0.358. The summed E-state index contributed by atoms with van der Waals surface area (Å²) in [5, 5.41) is 0.350. The molecule has 0 atom stereocenters. The Balaban J connectivity index is 2.25. The smallest absolute Gasteiger partial charge is 0.193 e. The molecule has 98 valence electrons. The Labute approximate surface area is 127 Å². The van der Waals surface area contributed by atoms with E-state index in [9.17, 15) is 4.39 Å². The van der Waals surface area contributed by atoms with Crippen molar-refractivity contribution < 1.29 is 13.9 Å². The van der Waals surface area contributed by atoms with Crippen LogP contribution in [0, 0.1) is 5.82 Å². The van der Waals surface area contributed by atoms with Gasteiger partial charge < -0.3 is 9.47 Å². The predicted octanol–water partition coefficient (Wildman–Crippen LogP) is 6.34. The van der Waals surface area contributed by atoms with Crippen molar-refractivity contribution in [2.24, 2.45) is 0 Å². The number of benzene rings is 2. The lowest BCUT2D eigenvalue weighted by Gasteiger charge is -2.23. The number of halogens is 5. The summed E-state index contributed by atoms with van der Waals surface area (Å²) >= 11 is 23.7. The van der Waals surface area contributed by atoms with Crippen molar-refractivity contribution >= 4 is 46.4 Å². The lowest BCUT2D eigenvalue weighted by atomic mass is 10.2. The quantitative estimate of drug-likeness (QED) is 0.445. The third-order valence-electron chi connectivity index (χ3n) is 2.51. The highest BCUT2D eigenvalue weighted by molar-refractivity contribution is 6.37. The van der Waals surface area contributed by atoms with Crippen LogP contribution >= 0.6 is 46.4 Å². The summed E-state index contributed by atoms with van der Waals surface area (Å²) in [5.74, 6) is -0.250. The van der Waals surface area contributed by atoms with Crippen LogP contribution in [-0.4, -0.2) is 0 Å². The Morgan fingerprint density at radius 2 is 1.21 bits per heavy atom. The zero-order valence-corrected chi connectivity index (χ0v) is 12.0. The molecule has 0 fully saturated rings. The molecule has 0 N–H and O–H groups in total. The van der Waals surface area contributed by atoms with Crippen LogP contribution in [0.15, 0.2) is 18.2 Å². The van der Waals surface area contributed by atoms with E-state index in [1.54, 1.807) is 6.07 Å². The molecule has 0 amide bonds. The van der Waals surface area contributed by atoms with Gasteiger partial charge in [0.15, 0.2) is 23.0 Å². The molecular weight excluding hydrogens is 337 g/mol. The SMILES string of the molecule is Fc1cc(Cl)c2c(c1Cl)Oc1c(Cl)ccc(Cl)c1O2. The molecule has 0 spiro atoms. The van der Waals surface area contributed by atoms with Gasteiger partial charge in [0.25, 0.3) is 0 Å². The summed E-state index contributed by atoms with van der Waals surface area (Å²) in [6.07, 6.45) is 0. The van der Waals surface area contributed by atoms with Gasteiger partial charge in [-0.2, -0.15) is 0 Å². The Morgan fingerprint density at radius 3 is 1.79 bits per heavy atom. The third-order valence-corrected chi connectivity index (χ3v) is 3.74. The molecule has 0 saturated heterocycles. The van der Waals surface area contributed by atoms with Gasteiger partial charge in [0.1, 0.15) is 10.8 Å². The molecule has 0 saturated carbocycles. The molecule has 2 aromatic rings. The second kappa shape index (κ2) is 4.60. The van der Waals surface area contributed by atoms with Gasteiger partial charge in [0.05, 0.1) is 15.1 Å². The lowest BCUT2D eigenvalue weighted by Crippen LogP contribution is -2.02. The second-order valence-corrected chi connectivity index (χ2v) is 5.30. The van der Waals surface area contributed by atoms with Crippen LogP contribution in [0.25, 0.3) is 0 Å². The van der Waals surface area contributed by atoms with Gasteiger partial charge in [-0.3, -0.25) is 0 Å². The van der Waals surface area contributed by atoms with E-state index < -0.39 is 5.82 Å². The Hall–Kier alpha value is -0.870. The Morgan fingerprint density at radius 1 is 0.737 bits per heavy atom. The molecule has 1 heterocycles. The van der Waals surface area contributed by atoms with Gasteiger partial charge in [-0.15, -0.1) is 0 Å². The largest absolute Gasteiger partial charge is 0.446 e. The fraction of sp³-hybridized carbons (Fsp3) is 0. The van der Waals surface area contributed by atoms with Crippen molar-refractivity contribution in [2.45, 2.75) is 0 Å². The van der Waals surface area contributed by atoms with E-state index in [-0.39, 0.29) is 38.1 Å². The second-order valence-electron chi connectivity index (χ2n) is 3.70. The molecule has 0 unspecified atom stereocenters. The van der Waals surface area contributed by atoms with E-state index in [4.69, 9.17) is 55.9 Å². The van der Waals surface area contributed by atoms with Crippen LogP contribution < -0.4 is 9.47 Å². The minimum atomic E-state index is -0.712. The van der Waals surface area contributed by atoms with E-state index in [1.807, 2.05) is 0 Å². The van der Waals surface area contributed by atoms with Gasteiger partial charge in [-0.05, 0) is 18.2 Å². The average molecular weight is 340 g/mol. The highest BCUT2D eigenvalue weighted by Crippen LogP contribution is 2.56. The molecule has 0 radical (unpaired) electrons. The van der Waals surface area contributed by atoms with Gasteiger partial charge in [0, 0.05) is 0 Å². The van der Waals surface area contributed by atoms with E-state index in [0.717, 1.165) is 6.07 Å². The first-order chi connectivity index (χ1) is 8.99. The zero-order valence-electron chi connectivity index (χ0n) is 8.94. The minimum absolute atomic E-state index is 0.0247. The molecule has 0 aromatic heterocycles. The number of fused-ring (bicyclic) bond motifs is 2. The summed E-state index contributed by atoms with van der Waals surface area (Å²) < 4.78 is 24.5. The summed E-state index contributed by atoms with van der Waals surface area (Å²) in [5.41, 5.74) is 0. The van der Waals surface area contributed by atoms with Crippen molar-refractivity contribution in [3.8, 4) is 23.0 Å². The van der Waals surface area contributed by atoms with Crippen LogP contribution in [0.4, 0.5) is 4.39 Å². The maximum absolute atomic E-state index is 13.5. The predicted molar refractivity (Wildman–Crippen MR) is 73.0 cm³/mol. The molecule has 2 nitrogen and oxygen atoms in total. The topological polar surface area (TPSA) is 18.5 Å². The maximum Gasteiger partial charge on any atom is 0.193 e. The standard InChI is InChI=1S/C12H3Cl4FO2/c13-4-1-2-5(14)10-9(4)18-11-6(15)3-7(17)8(16)12(11)19-10/h1-3H. The Bertz CT molecular complexity index is 703. The van der Waals surface area contributed by atoms with Gasteiger partial charge >= 0.3 is 0 Å². The molecule has 0 aliphatic carbocycles. The number of rotatable bonds is 0. The van der Waals surface area contributed by atoms with E-state index in [1.165, 1.54) is 6.07 Å². The highest BCUT2D eigenvalue weighted by Gasteiger charge is 2.29. The van der Waals surface area contributed by atoms with Crippen LogP contribution in [0.3, 0.4) is 0 Å². The van der Waals surface area contributed by atoms with Crippen LogP contribution in [0.1, 0.15) is 0 Å². The average Bonchev–Trinajstić information content (AvgIpc) is 2.39. The van der Waals surface area contributed by atoms with Gasteiger partial charge in [-0.1, -0.05) is 46.4 Å². The third kappa shape index (κ3) is 2.01. The fourth-order valence-corrected chi connectivity index (χ4v) is 2.43. The normalized spacial score (nSPS) is 12.3. The van der Waals surface area contributed by atoms with Crippen molar-refractivity contribution in [1.82, 2.24) is 0 Å². The molecule has 3 rings (SSSR count). The summed E-state index contributed by atoms with van der Waals surface area (Å²) in [6, 6.07) is 4.12. The zero-order chi connectivity index (χ0) is 13.7. The minimum Gasteiger partial charge on any atom is -0.446 e. The first-order valence-electron chi connectivity index (χ1n) is 5.00. The Kier molecular flexibility index (Phi) is 3.18. The van der Waals surface area contributed by atoms with Crippen molar-refractivity contribution in [3.05, 3.63) is 44.1 Å². The molecule has 2 aromatic carbocycles. The first-order valence-corrected chi connectivity index (χ1v) is 6.51. The van der Waals surface area contributed by atoms with Gasteiger partial charge in [0.2, 0.25) is 0 Å². The van der Waals surface area contributed by atoms with E-state index >= 15 is 0 Å². The molecule has 0 bridgehead atoms. The first kappa shape index (κ1) is 13.1. The fourth-order valence-electron chi connectivity index (χ4n) is 1.65. The number of hydrogen-bond acceptors (Lipinski definition) is 2. The molecular formula is C12H3Cl4FO2. The molecule has 19 heavy (non-hydrogen) atoms. The summed E-state index contributed by atoms with van der Waals surface area (Å²) in [4.78, 5) is 0. The summed E-state index contributed by atoms with van der Waals surface area (Å²) in [7, 11) is 0. The molecule has 1 aliphatic heterocycles. The number of ether oxygens (including phenoxy) is 2. The van der Waals surface area contributed by atoms with Crippen molar-refractivity contribution in [2.75, 3.05) is 0 Å². The van der Waals surface area contributed by atoms with Crippen molar-refractivity contribution in [1.29, 1.82) is 0 Å². The monoisotopic (exact) mass is 338 g/mol. The van der Waals surface area contributed by atoms with Gasteiger partial charge in [-0.25, -0.2) is 4.39 Å². The van der Waals surface area contributed by atoms with Crippen LogP contribution in [-0.2, 0) is 0 Å². The highest BCUT2D eigenvalue weighted by atomic mass is 35.5. The molecule has 7 heteroatoms. The van der Waals surface area contributed by atoms with Crippen molar-refractivity contribution in [3.63, 3.8) is 0 Å². The van der Waals surface area contributed by atoms with E-state index in [0.29, 0.717) is 5.02 Å². The molecule has 1 aliphatic rings. The summed E-state index contributed by atoms with van der Waals surface area (Å²) in [6.45, 7) is 0. The maximum atomic E-state index is 13.5. The van der Waals surface area contributed by atoms with E-state index in [2.05, 4.69) is 0 Å². The van der Waals surface area contributed by atoms with Crippen LogP contribution in [0.2, 0.25) is 20.1 Å².